The van der Waals surface area contributed by atoms with Gasteiger partial charge in [-0.25, -0.2) is 4.98 Å². The number of fused-ring (bicyclic) bond motifs is 1. The fourth-order valence-corrected chi connectivity index (χ4v) is 3.31. The third kappa shape index (κ3) is 5.37. The van der Waals surface area contributed by atoms with Crippen molar-refractivity contribution in [2.24, 2.45) is 0 Å². The molecule has 0 unspecified atom stereocenters. The van der Waals surface area contributed by atoms with Gasteiger partial charge in [0.1, 0.15) is 42.8 Å². The van der Waals surface area contributed by atoms with Crippen molar-refractivity contribution in [3.8, 4) is 17.2 Å². The normalized spacial score (nSPS) is 10.7. The molecule has 0 saturated heterocycles. The number of para-hydroxylation sites is 3. The molecule has 0 bridgehead atoms. The third-order valence-electron chi connectivity index (χ3n) is 4.90. The average Bonchev–Trinajstić information content (AvgIpc) is 3.19. The lowest BCUT2D eigenvalue weighted by atomic mass is 10.3. The quantitative estimate of drug-likeness (QED) is 0.387. The number of hydrogen-bond donors (Lipinski definition) is 1. The Kier molecular flexibility index (Phi) is 6.87. The number of nitrogens with zero attached hydrogens (tertiary/aromatic N) is 2. The van der Waals surface area contributed by atoms with E-state index in [2.05, 4.69) is 10.3 Å². The van der Waals surface area contributed by atoms with Gasteiger partial charge >= 0.3 is 0 Å². The van der Waals surface area contributed by atoms with Crippen LogP contribution in [0, 0.1) is 0 Å². The van der Waals surface area contributed by atoms with Crippen molar-refractivity contribution in [1.29, 1.82) is 0 Å². The highest BCUT2D eigenvalue weighted by Crippen LogP contribution is 2.19. The second kappa shape index (κ2) is 10.3. The number of benzene rings is 3. The first kappa shape index (κ1) is 21.2. The number of aromatic nitrogens is 2. The minimum atomic E-state index is -0.118. The summed E-state index contributed by atoms with van der Waals surface area (Å²) >= 11 is 0. The molecule has 1 N–H and O–H groups in total. The number of carbonyl (C=O) groups is 1. The fourth-order valence-electron chi connectivity index (χ4n) is 3.31. The van der Waals surface area contributed by atoms with Gasteiger partial charge in [-0.05, 0) is 48.5 Å². The SMILES string of the molecule is COc1ccc(OCCNC(=O)Cn2c(COc3ccccc3)nc3ccccc32)cc1. The van der Waals surface area contributed by atoms with Crippen molar-refractivity contribution >= 4 is 16.9 Å². The lowest BCUT2D eigenvalue weighted by Gasteiger charge is -2.12. The lowest BCUT2D eigenvalue weighted by molar-refractivity contribution is -0.121. The van der Waals surface area contributed by atoms with Crippen LogP contribution in [-0.2, 0) is 17.9 Å². The standard InChI is InChI=1S/C25H25N3O4/c1-30-19-11-13-21(14-12-19)31-16-15-26-25(29)17-28-23-10-6-5-9-22(23)27-24(28)18-32-20-7-3-2-4-8-20/h2-14H,15-18H2,1H3,(H,26,29). The van der Waals surface area contributed by atoms with Crippen LogP contribution in [0.5, 0.6) is 17.2 Å². The molecule has 1 amide bonds. The largest absolute Gasteiger partial charge is 0.497 e. The molecule has 0 radical (unpaired) electrons. The third-order valence-corrected chi connectivity index (χ3v) is 4.90. The van der Waals surface area contributed by atoms with Crippen LogP contribution in [0.4, 0.5) is 0 Å². The summed E-state index contributed by atoms with van der Waals surface area (Å²) in [5.74, 6) is 2.82. The van der Waals surface area contributed by atoms with Gasteiger partial charge in [0.15, 0.2) is 0 Å². The molecule has 0 fully saturated rings. The van der Waals surface area contributed by atoms with Gasteiger partial charge in [0.05, 0.1) is 24.7 Å². The van der Waals surface area contributed by atoms with E-state index in [1.165, 1.54) is 0 Å². The molecule has 7 heteroatoms. The number of nitrogens with one attached hydrogen (secondary N) is 1. The number of imidazole rings is 1. The van der Waals surface area contributed by atoms with Gasteiger partial charge in [0, 0.05) is 0 Å². The molecule has 1 heterocycles. The van der Waals surface area contributed by atoms with E-state index in [0.717, 1.165) is 28.3 Å². The minimum Gasteiger partial charge on any atom is -0.497 e. The maximum Gasteiger partial charge on any atom is 0.240 e. The van der Waals surface area contributed by atoms with Crippen LogP contribution in [0.1, 0.15) is 5.82 Å². The Bertz CT molecular complexity index is 1160. The van der Waals surface area contributed by atoms with Crippen LogP contribution in [0.25, 0.3) is 11.0 Å². The smallest absolute Gasteiger partial charge is 0.240 e. The van der Waals surface area contributed by atoms with Gasteiger partial charge in [-0.15, -0.1) is 0 Å². The first-order chi connectivity index (χ1) is 15.7. The van der Waals surface area contributed by atoms with Gasteiger partial charge in [0.25, 0.3) is 0 Å². The Hall–Kier alpha value is -4.00. The average molecular weight is 431 g/mol. The molecule has 0 aliphatic carbocycles. The molecule has 32 heavy (non-hydrogen) atoms. The molecule has 164 valence electrons. The van der Waals surface area contributed by atoms with Crippen LogP contribution in [0.15, 0.2) is 78.9 Å². The molecule has 0 aliphatic rings. The monoisotopic (exact) mass is 431 g/mol. The topological polar surface area (TPSA) is 74.6 Å². The van der Waals surface area contributed by atoms with Crippen molar-refractivity contribution in [3.05, 3.63) is 84.7 Å². The second-order valence-electron chi connectivity index (χ2n) is 7.08. The van der Waals surface area contributed by atoms with Gasteiger partial charge in [0.2, 0.25) is 5.91 Å². The summed E-state index contributed by atoms with van der Waals surface area (Å²) in [6.45, 7) is 1.18. The van der Waals surface area contributed by atoms with E-state index in [9.17, 15) is 4.79 Å². The van der Waals surface area contributed by atoms with Crippen molar-refractivity contribution < 1.29 is 19.0 Å². The van der Waals surface area contributed by atoms with E-state index in [1.54, 1.807) is 7.11 Å². The van der Waals surface area contributed by atoms with E-state index in [1.807, 2.05) is 83.4 Å². The summed E-state index contributed by atoms with van der Waals surface area (Å²) in [6.07, 6.45) is 0. The molecule has 0 atom stereocenters. The molecule has 4 aromatic rings. The number of amides is 1. The van der Waals surface area contributed by atoms with E-state index in [0.29, 0.717) is 19.0 Å². The van der Waals surface area contributed by atoms with E-state index in [4.69, 9.17) is 14.2 Å². The summed E-state index contributed by atoms with van der Waals surface area (Å²) < 4.78 is 18.5. The predicted octanol–water partition coefficient (Wildman–Crippen LogP) is 3.82. The fraction of sp³-hybridized carbons (Fsp3) is 0.200. The van der Waals surface area contributed by atoms with Crippen molar-refractivity contribution in [2.45, 2.75) is 13.2 Å². The van der Waals surface area contributed by atoms with Crippen LogP contribution < -0.4 is 19.5 Å². The van der Waals surface area contributed by atoms with Gasteiger partial charge in [-0.3, -0.25) is 4.79 Å². The zero-order valence-electron chi connectivity index (χ0n) is 17.9. The maximum atomic E-state index is 12.6. The lowest BCUT2D eigenvalue weighted by Crippen LogP contribution is -2.31. The highest BCUT2D eigenvalue weighted by Gasteiger charge is 2.14. The number of hydrogen-bond acceptors (Lipinski definition) is 5. The maximum absolute atomic E-state index is 12.6. The van der Waals surface area contributed by atoms with Crippen molar-refractivity contribution in [1.82, 2.24) is 14.9 Å². The summed E-state index contributed by atoms with van der Waals surface area (Å²) in [6, 6.07) is 24.6. The zero-order chi connectivity index (χ0) is 22.2. The van der Waals surface area contributed by atoms with Gasteiger partial charge in [-0.2, -0.15) is 0 Å². The highest BCUT2D eigenvalue weighted by atomic mass is 16.5. The molecule has 0 spiro atoms. The molecule has 4 rings (SSSR count). The zero-order valence-corrected chi connectivity index (χ0v) is 17.9. The van der Waals surface area contributed by atoms with E-state index in [-0.39, 0.29) is 19.1 Å². The Balaban J connectivity index is 1.35. The number of carbonyl (C=O) groups excluding carboxylic acids is 1. The Morgan fingerprint density at radius 3 is 2.34 bits per heavy atom. The first-order valence-corrected chi connectivity index (χ1v) is 10.4. The van der Waals surface area contributed by atoms with Crippen LogP contribution in [0.2, 0.25) is 0 Å². The van der Waals surface area contributed by atoms with E-state index >= 15 is 0 Å². The summed E-state index contributed by atoms with van der Waals surface area (Å²) in [4.78, 5) is 17.3. The van der Waals surface area contributed by atoms with Crippen LogP contribution in [0.3, 0.4) is 0 Å². The molecule has 1 aromatic heterocycles. The van der Waals surface area contributed by atoms with Crippen LogP contribution >= 0.6 is 0 Å². The Morgan fingerprint density at radius 2 is 1.56 bits per heavy atom. The van der Waals surface area contributed by atoms with Crippen molar-refractivity contribution in [3.63, 3.8) is 0 Å². The molecular formula is C25H25N3O4. The van der Waals surface area contributed by atoms with Crippen molar-refractivity contribution in [2.75, 3.05) is 20.3 Å². The summed E-state index contributed by atoms with van der Waals surface area (Å²) in [5.41, 5.74) is 1.72. The van der Waals surface area contributed by atoms with Gasteiger partial charge < -0.3 is 24.1 Å². The highest BCUT2D eigenvalue weighted by molar-refractivity contribution is 5.81. The number of ether oxygens (including phenoxy) is 3. The Labute approximate surface area is 186 Å². The molecule has 0 aliphatic heterocycles. The second-order valence-corrected chi connectivity index (χ2v) is 7.08. The molecular weight excluding hydrogens is 406 g/mol. The Morgan fingerprint density at radius 1 is 0.875 bits per heavy atom. The molecule has 0 saturated carbocycles. The minimum absolute atomic E-state index is 0.118. The predicted molar refractivity (Wildman–Crippen MR) is 122 cm³/mol. The number of rotatable bonds is 10. The summed E-state index contributed by atoms with van der Waals surface area (Å²) in [5, 5.41) is 2.90. The number of methoxy groups -OCH3 is 1. The van der Waals surface area contributed by atoms with Crippen LogP contribution in [-0.4, -0.2) is 35.7 Å². The molecule has 3 aromatic carbocycles. The summed E-state index contributed by atoms with van der Waals surface area (Å²) in [7, 11) is 1.62. The first-order valence-electron chi connectivity index (χ1n) is 10.4. The van der Waals surface area contributed by atoms with Gasteiger partial charge in [-0.1, -0.05) is 30.3 Å². The van der Waals surface area contributed by atoms with E-state index < -0.39 is 0 Å². The molecule has 7 nitrogen and oxygen atoms in total.